The van der Waals surface area contributed by atoms with Crippen LogP contribution in [0, 0.1) is 5.92 Å². The third kappa shape index (κ3) is 4.82. The van der Waals surface area contributed by atoms with Gasteiger partial charge in [-0.2, -0.15) is 0 Å². The van der Waals surface area contributed by atoms with Gasteiger partial charge >= 0.3 is 0 Å². The molecule has 23 heavy (non-hydrogen) atoms. The van der Waals surface area contributed by atoms with E-state index in [-0.39, 0.29) is 11.3 Å². The topological polar surface area (TPSA) is 52.0 Å². The number of hydrogen-bond acceptors (Lipinski definition) is 4. The molecule has 0 N–H and O–H groups in total. The van der Waals surface area contributed by atoms with Gasteiger partial charge in [-0.25, -0.2) is 4.98 Å². The highest BCUT2D eigenvalue weighted by Crippen LogP contribution is 2.22. The van der Waals surface area contributed by atoms with Crippen LogP contribution in [0.3, 0.4) is 0 Å². The van der Waals surface area contributed by atoms with Gasteiger partial charge in [0.15, 0.2) is 5.16 Å². The zero-order valence-corrected chi connectivity index (χ0v) is 15.2. The summed E-state index contributed by atoms with van der Waals surface area (Å²) in [6.45, 7) is 6.35. The molecule has 0 aliphatic heterocycles. The average Bonchev–Trinajstić information content (AvgIpc) is 2.47. The summed E-state index contributed by atoms with van der Waals surface area (Å²) in [6, 6.07) is 5.19. The second-order valence-electron chi connectivity index (χ2n) is 6.02. The van der Waals surface area contributed by atoms with Crippen LogP contribution in [0.4, 0.5) is 0 Å². The van der Waals surface area contributed by atoms with Gasteiger partial charge in [0.1, 0.15) is 5.78 Å². The minimum absolute atomic E-state index is 0.0553. The molecule has 0 spiro atoms. The Balaban J connectivity index is 2.38. The van der Waals surface area contributed by atoms with Gasteiger partial charge in [-0.3, -0.25) is 9.36 Å². The Bertz CT molecular complexity index is 771. The van der Waals surface area contributed by atoms with E-state index in [0.717, 1.165) is 12.2 Å². The molecule has 0 atom stereocenters. The number of hydrogen-bond donors (Lipinski definition) is 0. The standard InChI is InChI=1S/C17H21ClN2O2S/c1-11(2)10-20-16(22)14-9-13(18)6-7-15(14)19-17(20)23-8-4-5-12(3)21/h6-7,9,11H,4-5,8,10H2,1-3H3. The van der Waals surface area contributed by atoms with E-state index in [1.54, 1.807) is 29.7 Å². The molecular formula is C17H21ClN2O2S. The number of carbonyl (C=O) groups excluding carboxylic acids is 1. The average molecular weight is 353 g/mol. The van der Waals surface area contributed by atoms with Crippen LogP contribution in [0.15, 0.2) is 28.2 Å². The first-order valence-corrected chi connectivity index (χ1v) is 9.07. The number of rotatable bonds is 7. The number of benzene rings is 1. The lowest BCUT2D eigenvalue weighted by atomic mass is 10.2. The second kappa shape index (κ2) is 7.97. The number of aromatic nitrogens is 2. The van der Waals surface area contributed by atoms with Crippen LogP contribution in [-0.2, 0) is 11.3 Å². The van der Waals surface area contributed by atoms with Crippen molar-refractivity contribution >= 4 is 40.0 Å². The van der Waals surface area contributed by atoms with Crippen LogP contribution in [0.25, 0.3) is 10.9 Å². The molecule has 0 unspecified atom stereocenters. The number of fused-ring (bicyclic) bond motifs is 1. The third-order valence-electron chi connectivity index (χ3n) is 3.33. The summed E-state index contributed by atoms with van der Waals surface area (Å²) in [4.78, 5) is 28.4. The summed E-state index contributed by atoms with van der Waals surface area (Å²) in [5.74, 6) is 1.29. The van der Waals surface area contributed by atoms with Crippen LogP contribution < -0.4 is 5.56 Å². The van der Waals surface area contributed by atoms with Crippen LogP contribution in [0.1, 0.15) is 33.6 Å². The minimum atomic E-state index is -0.0553. The van der Waals surface area contributed by atoms with Gasteiger partial charge in [0.05, 0.1) is 10.9 Å². The van der Waals surface area contributed by atoms with Crippen molar-refractivity contribution in [1.82, 2.24) is 9.55 Å². The Kier molecular flexibility index (Phi) is 6.25. The fourth-order valence-corrected chi connectivity index (χ4v) is 3.41. The van der Waals surface area contributed by atoms with Gasteiger partial charge < -0.3 is 4.79 Å². The summed E-state index contributed by atoms with van der Waals surface area (Å²) < 4.78 is 1.72. The summed E-state index contributed by atoms with van der Waals surface area (Å²) >= 11 is 7.54. The molecule has 0 amide bonds. The van der Waals surface area contributed by atoms with Crippen LogP contribution in [0.5, 0.6) is 0 Å². The van der Waals surface area contributed by atoms with E-state index in [0.29, 0.717) is 40.0 Å². The Labute approximate surface area is 145 Å². The van der Waals surface area contributed by atoms with Crippen LogP contribution in [-0.4, -0.2) is 21.1 Å². The van der Waals surface area contributed by atoms with Crippen molar-refractivity contribution in [2.45, 2.75) is 45.3 Å². The monoisotopic (exact) mass is 352 g/mol. The van der Waals surface area contributed by atoms with E-state index in [4.69, 9.17) is 11.6 Å². The van der Waals surface area contributed by atoms with E-state index in [1.165, 1.54) is 11.8 Å². The van der Waals surface area contributed by atoms with Crippen LogP contribution >= 0.6 is 23.4 Å². The highest BCUT2D eigenvalue weighted by Gasteiger charge is 2.13. The lowest BCUT2D eigenvalue weighted by Gasteiger charge is -2.15. The molecule has 0 fully saturated rings. The van der Waals surface area contributed by atoms with Gasteiger partial charge in [0.2, 0.25) is 0 Å². The molecule has 124 valence electrons. The molecule has 4 nitrogen and oxygen atoms in total. The highest BCUT2D eigenvalue weighted by atomic mass is 35.5. The zero-order chi connectivity index (χ0) is 17.0. The van der Waals surface area contributed by atoms with E-state index in [2.05, 4.69) is 18.8 Å². The summed E-state index contributed by atoms with van der Waals surface area (Å²) in [5, 5.41) is 1.79. The van der Waals surface area contributed by atoms with Gasteiger partial charge in [0, 0.05) is 23.7 Å². The number of ketones is 1. The number of halogens is 1. The van der Waals surface area contributed by atoms with E-state index < -0.39 is 0 Å². The van der Waals surface area contributed by atoms with Crippen molar-refractivity contribution < 1.29 is 4.79 Å². The SMILES string of the molecule is CC(=O)CCCSc1nc2ccc(Cl)cc2c(=O)n1CC(C)C. The number of nitrogens with zero attached hydrogens (tertiary/aromatic N) is 2. The maximum absolute atomic E-state index is 12.8. The molecule has 2 aromatic rings. The molecule has 0 bridgehead atoms. The molecule has 1 aromatic heterocycles. The quantitative estimate of drug-likeness (QED) is 0.426. The van der Waals surface area contributed by atoms with Crippen molar-refractivity contribution in [3.8, 4) is 0 Å². The van der Waals surface area contributed by atoms with E-state index in [9.17, 15) is 9.59 Å². The van der Waals surface area contributed by atoms with Crippen molar-refractivity contribution in [3.05, 3.63) is 33.6 Å². The lowest BCUT2D eigenvalue weighted by Crippen LogP contribution is -2.25. The normalized spacial score (nSPS) is 11.3. The first-order valence-electron chi connectivity index (χ1n) is 7.71. The largest absolute Gasteiger partial charge is 0.300 e. The fraction of sp³-hybridized carbons (Fsp3) is 0.471. The third-order valence-corrected chi connectivity index (χ3v) is 4.63. The van der Waals surface area contributed by atoms with Crippen LogP contribution in [0.2, 0.25) is 5.02 Å². The maximum atomic E-state index is 12.8. The highest BCUT2D eigenvalue weighted by molar-refractivity contribution is 7.99. The Hall–Kier alpha value is -1.33. The maximum Gasteiger partial charge on any atom is 0.262 e. The fourth-order valence-electron chi connectivity index (χ4n) is 2.29. The lowest BCUT2D eigenvalue weighted by molar-refractivity contribution is -0.117. The van der Waals surface area contributed by atoms with E-state index in [1.807, 2.05) is 0 Å². The summed E-state index contributed by atoms with van der Waals surface area (Å²) in [5.41, 5.74) is 0.605. The zero-order valence-electron chi connectivity index (χ0n) is 13.6. The molecule has 0 aliphatic carbocycles. The Morgan fingerprint density at radius 1 is 1.39 bits per heavy atom. The first-order chi connectivity index (χ1) is 10.9. The Morgan fingerprint density at radius 3 is 2.78 bits per heavy atom. The molecule has 0 radical (unpaired) electrons. The molecular weight excluding hydrogens is 332 g/mol. The molecule has 1 heterocycles. The number of carbonyl (C=O) groups is 1. The molecule has 0 saturated carbocycles. The summed E-state index contributed by atoms with van der Waals surface area (Å²) in [6.07, 6.45) is 1.35. The summed E-state index contributed by atoms with van der Waals surface area (Å²) in [7, 11) is 0. The Morgan fingerprint density at radius 2 is 2.13 bits per heavy atom. The number of Topliss-reactive ketones (excluding diaryl/α,β-unsaturated/α-hetero) is 1. The molecule has 1 aromatic carbocycles. The second-order valence-corrected chi connectivity index (χ2v) is 7.52. The molecule has 2 rings (SSSR count). The molecule has 0 aliphatic rings. The number of thioether (sulfide) groups is 1. The van der Waals surface area contributed by atoms with E-state index >= 15 is 0 Å². The predicted octanol–water partition coefficient (Wildman–Crippen LogP) is 4.17. The van der Waals surface area contributed by atoms with Crippen molar-refractivity contribution in [1.29, 1.82) is 0 Å². The van der Waals surface area contributed by atoms with Crippen molar-refractivity contribution in [2.75, 3.05) is 5.75 Å². The van der Waals surface area contributed by atoms with Crippen molar-refractivity contribution in [3.63, 3.8) is 0 Å². The minimum Gasteiger partial charge on any atom is -0.300 e. The van der Waals surface area contributed by atoms with Crippen molar-refractivity contribution in [2.24, 2.45) is 5.92 Å². The first kappa shape index (κ1) is 18.0. The van der Waals surface area contributed by atoms with Gasteiger partial charge in [-0.05, 0) is 37.5 Å². The molecule has 6 heteroatoms. The molecule has 0 saturated heterocycles. The van der Waals surface area contributed by atoms with Gasteiger partial charge in [-0.15, -0.1) is 0 Å². The van der Waals surface area contributed by atoms with Gasteiger partial charge in [-0.1, -0.05) is 37.2 Å². The van der Waals surface area contributed by atoms with Gasteiger partial charge in [0.25, 0.3) is 5.56 Å². The predicted molar refractivity (Wildman–Crippen MR) is 96.5 cm³/mol. The smallest absolute Gasteiger partial charge is 0.262 e.